The first-order chi connectivity index (χ1) is 17.4. The zero-order valence-corrected chi connectivity index (χ0v) is 20.5. The number of hydrogen-bond acceptors (Lipinski definition) is 10. The number of nitrogens with one attached hydrogen (secondary N) is 4. The first kappa shape index (κ1) is 25.4. The molecule has 2 aromatic rings. The summed E-state index contributed by atoms with van der Waals surface area (Å²) in [4.78, 5) is 37.7. The third-order valence-electron chi connectivity index (χ3n) is 5.40. The van der Waals surface area contributed by atoms with E-state index in [-0.39, 0.29) is 17.2 Å². The molecule has 3 unspecified atom stereocenters. The Morgan fingerprint density at radius 1 is 1.08 bits per heavy atom. The van der Waals surface area contributed by atoms with E-state index >= 15 is 0 Å². The van der Waals surface area contributed by atoms with Crippen LogP contribution >= 0.6 is 11.8 Å². The molecule has 2 aromatic carbocycles. The highest BCUT2D eigenvalue weighted by molar-refractivity contribution is 8.00. The van der Waals surface area contributed by atoms with Crippen LogP contribution in [0.5, 0.6) is 23.0 Å². The minimum atomic E-state index is -1.02. The van der Waals surface area contributed by atoms with E-state index in [1.54, 1.807) is 30.3 Å². The van der Waals surface area contributed by atoms with Crippen LogP contribution in [-0.4, -0.2) is 68.6 Å². The van der Waals surface area contributed by atoms with Gasteiger partial charge in [0, 0.05) is 17.3 Å². The quantitative estimate of drug-likeness (QED) is 0.328. The average Bonchev–Trinajstić information content (AvgIpc) is 2.89. The van der Waals surface area contributed by atoms with E-state index in [4.69, 9.17) is 24.7 Å². The molecule has 13 heteroatoms. The topological polar surface area (TPSA) is 162 Å². The number of rotatable bonds is 8. The molecule has 2 aliphatic heterocycles. The number of methoxy groups -OCH3 is 2. The Balaban J connectivity index is 1.27. The highest BCUT2D eigenvalue weighted by Crippen LogP contribution is 2.32. The lowest BCUT2D eigenvalue weighted by atomic mass is 10.1. The van der Waals surface area contributed by atoms with Gasteiger partial charge in [-0.25, -0.2) is 0 Å². The van der Waals surface area contributed by atoms with Crippen LogP contribution in [0.15, 0.2) is 36.4 Å². The maximum absolute atomic E-state index is 12.7. The van der Waals surface area contributed by atoms with Crippen molar-refractivity contribution in [3.05, 3.63) is 42.0 Å². The molecule has 1 fully saturated rings. The average molecular weight is 518 g/mol. The summed E-state index contributed by atoms with van der Waals surface area (Å²) < 4.78 is 21.4. The molecule has 36 heavy (non-hydrogen) atoms. The smallest absolute Gasteiger partial charge is 0.252 e. The number of anilines is 1. The van der Waals surface area contributed by atoms with Gasteiger partial charge in [-0.15, -0.1) is 11.8 Å². The maximum Gasteiger partial charge on any atom is 0.252 e. The summed E-state index contributed by atoms with van der Waals surface area (Å²) in [5, 5.41) is 11.1. The van der Waals surface area contributed by atoms with E-state index in [0.29, 0.717) is 41.9 Å². The molecule has 2 heterocycles. The molecule has 192 valence electrons. The number of ether oxygens (including phenoxy) is 4. The minimum Gasteiger partial charge on any atom is -0.493 e. The number of benzene rings is 2. The van der Waals surface area contributed by atoms with E-state index in [1.165, 1.54) is 20.3 Å². The molecule has 4 rings (SSSR count). The predicted molar refractivity (Wildman–Crippen MR) is 132 cm³/mol. The van der Waals surface area contributed by atoms with Crippen molar-refractivity contribution in [2.24, 2.45) is 5.73 Å². The molecular formula is C23H27N5O7S. The second-order valence-corrected chi connectivity index (χ2v) is 8.91. The minimum absolute atomic E-state index is 0.0434. The lowest BCUT2D eigenvalue weighted by Gasteiger charge is -2.35. The Morgan fingerprint density at radius 3 is 2.56 bits per heavy atom. The highest BCUT2D eigenvalue weighted by atomic mass is 32.2. The molecule has 0 aliphatic carbocycles. The van der Waals surface area contributed by atoms with Gasteiger partial charge in [0.2, 0.25) is 11.8 Å². The lowest BCUT2D eigenvalue weighted by Crippen LogP contribution is -2.70. The Hall–Kier alpha value is -3.68. The van der Waals surface area contributed by atoms with Crippen molar-refractivity contribution >= 4 is 35.2 Å². The van der Waals surface area contributed by atoms with Crippen LogP contribution in [0.25, 0.3) is 0 Å². The summed E-state index contributed by atoms with van der Waals surface area (Å²) in [5.74, 6) is 0.849. The Bertz CT molecular complexity index is 1150. The third-order valence-corrected chi connectivity index (χ3v) is 6.41. The molecule has 1 saturated heterocycles. The maximum atomic E-state index is 12.7. The van der Waals surface area contributed by atoms with E-state index < -0.39 is 29.5 Å². The molecule has 3 amide bonds. The third kappa shape index (κ3) is 5.93. The van der Waals surface area contributed by atoms with Crippen LogP contribution in [0.3, 0.4) is 0 Å². The van der Waals surface area contributed by atoms with Gasteiger partial charge in [0.15, 0.2) is 23.0 Å². The SMILES string of the molecule is COc1ccc(C(=O)NC2C(=O)NC(SCC(=O)Nc3ccc4c(c3)OCCO4)NC2N)cc1OC. The number of amides is 3. The van der Waals surface area contributed by atoms with E-state index in [2.05, 4.69) is 21.3 Å². The summed E-state index contributed by atoms with van der Waals surface area (Å²) >= 11 is 1.15. The second-order valence-electron chi connectivity index (χ2n) is 7.82. The monoisotopic (exact) mass is 517 g/mol. The molecular weight excluding hydrogens is 490 g/mol. The number of nitrogens with two attached hydrogens (primary N) is 1. The first-order valence-electron chi connectivity index (χ1n) is 11.0. The fraction of sp³-hybridized carbons (Fsp3) is 0.348. The van der Waals surface area contributed by atoms with E-state index in [0.717, 1.165) is 11.8 Å². The first-order valence-corrected chi connectivity index (χ1v) is 12.1. The molecule has 3 atom stereocenters. The summed E-state index contributed by atoms with van der Waals surface area (Å²) in [7, 11) is 2.95. The molecule has 0 bridgehead atoms. The van der Waals surface area contributed by atoms with Crippen LogP contribution in [0.2, 0.25) is 0 Å². The zero-order valence-electron chi connectivity index (χ0n) is 19.7. The largest absolute Gasteiger partial charge is 0.493 e. The standard InChI is InChI=1S/C23H27N5O7S/c1-32-14-5-3-12(9-16(14)33-2)21(30)26-19-20(24)27-23(28-22(19)31)36-11-18(29)25-13-4-6-15-17(10-13)35-8-7-34-15/h3-6,9-10,19-20,23,27H,7-8,11,24H2,1-2H3,(H,25,29)(H,26,30)(H,28,31). The second kappa shape index (κ2) is 11.4. The predicted octanol–water partition coefficient (Wildman–Crippen LogP) is 0.233. The number of thioether (sulfide) groups is 1. The Labute approximate surface area is 211 Å². The van der Waals surface area contributed by atoms with Gasteiger partial charge in [0.05, 0.1) is 26.1 Å². The van der Waals surface area contributed by atoms with Gasteiger partial charge in [0.25, 0.3) is 5.91 Å². The molecule has 12 nitrogen and oxygen atoms in total. The lowest BCUT2D eigenvalue weighted by molar-refractivity contribution is -0.125. The van der Waals surface area contributed by atoms with E-state index in [9.17, 15) is 14.4 Å². The molecule has 0 saturated carbocycles. The number of carbonyl (C=O) groups is 3. The molecule has 2 aliphatic rings. The number of fused-ring (bicyclic) bond motifs is 1. The van der Waals surface area contributed by atoms with Gasteiger partial charge < -0.3 is 40.6 Å². The van der Waals surface area contributed by atoms with Crippen LogP contribution in [0.4, 0.5) is 5.69 Å². The van der Waals surface area contributed by atoms with E-state index in [1.807, 2.05) is 0 Å². The fourth-order valence-electron chi connectivity index (χ4n) is 3.62. The highest BCUT2D eigenvalue weighted by Gasteiger charge is 2.35. The van der Waals surface area contributed by atoms with Gasteiger partial charge in [-0.1, -0.05) is 0 Å². The summed E-state index contributed by atoms with van der Waals surface area (Å²) in [5.41, 5.74) is 6.34. The molecule has 0 spiro atoms. The van der Waals surface area contributed by atoms with Crippen molar-refractivity contribution in [3.8, 4) is 23.0 Å². The Kier molecular flexibility index (Phi) is 8.03. The number of carbonyl (C=O) groups excluding carboxylic acids is 3. The van der Waals surface area contributed by atoms with Crippen molar-refractivity contribution in [2.75, 3.05) is 38.5 Å². The van der Waals surface area contributed by atoms with Gasteiger partial charge in [-0.2, -0.15) is 0 Å². The van der Waals surface area contributed by atoms with Crippen molar-refractivity contribution in [1.82, 2.24) is 16.0 Å². The van der Waals surface area contributed by atoms with Crippen LogP contribution in [0.1, 0.15) is 10.4 Å². The van der Waals surface area contributed by atoms with Gasteiger partial charge in [-0.05, 0) is 30.3 Å². The van der Waals surface area contributed by atoms with Gasteiger partial charge in [0.1, 0.15) is 24.8 Å². The van der Waals surface area contributed by atoms with Gasteiger partial charge in [-0.3, -0.25) is 19.7 Å². The van der Waals surface area contributed by atoms with Crippen molar-refractivity contribution in [3.63, 3.8) is 0 Å². The molecule has 0 radical (unpaired) electrons. The number of hydrogen-bond donors (Lipinski definition) is 5. The summed E-state index contributed by atoms with van der Waals surface area (Å²) in [6.07, 6.45) is -0.874. The fourth-order valence-corrected chi connectivity index (χ4v) is 4.46. The van der Waals surface area contributed by atoms with Crippen LogP contribution in [-0.2, 0) is 9.59 Å². The van der Waals surface area contributed by atoms with Crippen molar-refractivity contribution < 1.29 is 33.3 Å². The van der Waals surface area contributed by atoms with Crippen molar-refractivity contribution in [1.29, 1.82) is 0 Å². The molecule has 6 N–H and O–H groups in total. The molecule has 0 aromatic heterocycles. The zero-order chi connectivity index (χ0) is 25.7. The summed E-state index contributed by atoms with van der Waals surface area (Å²) in [6.45, 7) is 0.932. The van der Waals surface area contributed by atoms with Crippen molar-refractivity contribution in [2.45, 2.75) is 17.7 Å². The summed E-state index contributed by atoms with van der Waals surface area (Å²) in [6, 6.07) is 8.78. The normalized spacial score (nSPS) is 20.6. The van der Waals surface area contributed by atoms with Crippen LogP contribution < -0.4 is 45.9 Å². The Morgan fingerprint density at radius 2 is 1.83 bits per heavy atom. The van der Waals surface area contributed by atoms with Crippen LogP contribution in [0, 0.1) is 0 Å². The van der Waals surface area contributed by atoms with Gasteiger partial charge >= 0.3 is 0 Å².